The molecule has 0 aromatic rings. The monoisotopic (exact) mass is 186 g/mol. The van der Waals surface area contributed by atoms with E-state index in [4.69, 9.17) is 5.11 Å². The third-order valence-electron chi connectivity index (χ3n) is 2.01. The predicted molar refractivity (Wildman–Crippen MR) is 39.6 cm³/mol. The number of hydrogen-bond donors (Lipinski definition) is 1. The fourth-order valence-electron chi connectivity index (χ4n) is 0.697. The van der Waals surface area contributed by atoms with E-state index in [0.717, 1.165) is 0 Å². The molecule has 1 N–H and O–H groups in total. The van der Waals surface area contributed by atoms with Gasteiger partial charge in [-0.25, -0.2) is 0 Å². The Morgan fingerprint density at radius 3 is 1.58 bits per heavy atom. The van der Waals surface area contributed by atoms with Gasteiger partial charge in [0.15, 0.2) is 0 Å². The van der Waals surface area contributed by atoms with Crippen molar-refractivity contribution in [3.05, 3.63) is 0 Å². The van der Waals surface area contributed by atoms with Crippen molar-refractivity contribution in [3.8, 4) is 0 Å². The van der Waals surface area contributed by atoms with Gasteiger partial charge in [0.05, 0.1) is 21.1 Å². The van der Waals surface area contributed by atoms with Crippen LogP contribution in [0, 0.1) is 0 Å². The summed E-state index contributed by atoms with van der Waals surface area (Å²) in [6.45, 7) is 1.37. The number of aliphatic hydroxyl groups excluding tert-OH is 1. The van der Waals surface area contributed by atoms with Gasteiger partial charge in [-0.05, 0) is 6.92 Å². The summed E-state index contributed by atoms with van der Waals surface area (Å²) in [5.41, 5.74) is 0. The molecule has 5 heteroatoms. The molecule has 0 heterocycles. The Morgan fingerprint density at radius 1 is 1.17 bits per heavy atom. The molecule has 2 atom stereocenters. The zero-order chi connectivity index (χ0) is 10.2. The topological polar surface area (TPSA) is 20.2 Å². The summed E-state index contributed by atoms with van der Waals surface area (Å²) < 4.78 is 36.0. The maximum atomic E-state index is 12.0. The van der Waals surface area contributed by atoms with Gasteiger partial charge in [0.1, 0.15) is 6.04 Å². The van der Waals surface area contributed by atoms with Gasteiger partial charge in [0.2, 0.25) is 6.10 Å². The van der Waals surface area contributed by atoms with Gasteiger partial charge in [-0.2, -0.15) is 13.2 Å². The molecule has 0 saturated heterocycles. The molecular formula is C7H15F3NO+. The quantitative estimate of drug-likeness (QED) is 0.638. The second-order valence-corrected chi connectivity index (χ2v) is 3.84. The lowest BCUT2D eigenvalue weighted by Gasteiger charge is -2.35. The van der Waals surface area contributed by atoms with Gasteiger partial charge in [-0.1, -0.05) is 0 Å². The molecule has 0 saturated carbocycles. The molecule has 12 heavy (non-hydrogen) atoms. The normalized spacial score (nSPS) is 19.0. The van der Waals surface area contributed by atoms with Crippen molar-refractivity contribution < 1.29 is 22.8 Å². The van der Waals surface area contributed by atoms with Crippen molar-refractivity contribution in [3.63, 3.8) is 0 Å². The van der Waals surface area contributed by atoms with E-state index in [1.807, 2.05) is 0 Å². The van der Waals surface area contributed by atoms with E-state index < -0.39 is 18.3 Å². The molecule has 0 amide bonds. The minimum absolute atomic E-state index is 0.0840. The Morgan fingerprint density at radius 2 is 1.50 bits per heavy atom. The van der Waals surface area contributed by atoms with Crippen molar-refractivity contribution in [1.29, 1.82) is 0 Å². The molecule has 0 aromatic heterocycles. The second kappa shape index (κ2) is 3.22. The van der Waals surface area contributed by atoms with E-state index in [1.54, 1.807) is 21.1 Å². The number of quaternary nitrogens is 1. The van der Waals surface area contributed by atoms with Crippen LogP contribution >= 0.6 is 0 Å². The number of hydrogen-bond acceptors (Lipinski definition) is 1. The lowest BCUT2D eigenvalue weighted by molar-refractivity contribution is -0.899. The molecule has 74 valence electrons. The van der Waals surface area contributed by atoms with Gasteiger partial charge < -0.3 is 9.59 Å². The van der Waals surface area contributed by atoms with Crippen LogP contribution < -0.4 is 0 Å². The highest BCUT2D eigenvalue weighted by Gasteiger charge is 2.46. The summed E-state index contributed by atoms with van der Waals surface area (Å²) in [5.74, 6) is 0. The fraction of sp³-hybridized carbons (Fsp3) is 1.00. The zero-order valence-corrected chi connectivity index (χ0v) is 7.68. The molecule has 0 aliphatic rings. The van der Waals surface area contributed by atoms with Crippen LogP contribution in [0.1, 0.15) is 6.92 Å². The molecular weight excluding hydrogens is 171 g/mol. The first-order chi connectivity index (χ1) is 5.07. The van der Waals surface area contributed by atoms with Crippen LogP contribution in [0.4, 0.5) is 13.2 Å². The SMILES string of the molecule is C[C@H]([C@@H](O)C(F)(F)F)[N+](C)(C)C. The highest BCUT2D eigenvalue weighted by atomic mass is 19.4. The Hall–Kier alpha value is -0.290. The molecule has 0 aromatic carbocycles. The lowest BCUT2D eigenvalue weighted by Crippen LogP contribution is -2.54. The van der Waals surface area contributed by atoms with Crippen molar-refractivity contribution in [2.24, 2.45) is 0 Å². The zero-order valence-electron chi connectivity index (χ0n) is 7.68. The number of likely N-dealkylation sites (N-methyl/N-ethyl adjacent to an activating group) is 1. The molecule has 0 fully saturated rings. The Bertz CT molecular complexity index is 132. The summed E-state index contributed by atoms with van der Waals surface area (Å²) in [5, 5.41) is 8.85. The van der Waals surface area contributed by atoms with E-state index in [0.29, 0.717) is 0 Å². The predicted octanol–water partition coefficient (Wildman–Crippen LogP) is 1.00. The average Bonchev–Trinajstić information content (AvgIpc) is 1.80. The van der Waals surface area contributed by atoms with Gasteiger partial charge in [0.25, 0.3) is 0 Å². The molecule has 0 bridgehead atoms. The summed E-state index contributed by atoms with van der Waals surface area (Å²) in [6, 6.07) is -0.856. The van der Waals surface area contributed by atoms with Gasteiger partial charge in [-0.15, -0.1) is 0 Å². The van der Waals surface area contributed by atoms with Crippen molar-refractivity contribution in [1.82, 2.24) is 0 Å². The van der Waals surface area contributed by atoms with E-state index in [1.165, 1.54) is 6.92 Å². The number of halogens is 3. The van der Waals surface area contributed by atoms with Crippen LogP contribution in [0.15, 0.2) is 0 Å². The van der Waals surface area contributed by atoms with Gasteiger partial charge in [0, 0.05) is 0 Å². The first-order valence-corrected chi connectivity index (χ1v) is 3.62. The third-order valence-corrected chi connectivity index (χ3v) is 2.01. The highest BCUT2D eigenvalue weighted by Crippen LogP contribution is 2.25. The summed E-state index contributed by atoms with van der Waals surface area (Å²) in [7, 11) is 4.83. The Kier molecular flexibility index (Phi) is 3.14. The summed E-state index contributed by atoms with van der Waals surface area (Å²) in [4.78, 5) is 0. The maximum Gasteiger partial charge on any atom is 0.420 e. The van der Waals surface area contributed by atoms with Crippen molar-refractivity contribution >= 4 is 0 Å². The minimum atomic E-state index is -4.52. The van der Waals surface area contributed by atoms with E-state index in [2.05, 4.69) is 0 Å². The van der Waals surface area contributed by atoms with Crippen LogP contribution in [0.25, 0.3) is 0 Å². The van der Waals surface area contributed by atoms with Crippen LogP contribution in [-0.2, 0) is 0 Å². The lowest BCUT2D eigenvalue weighted by atomic mass is 10.1. The molecule has 0 aliphatic carbocycles. The standard InChI is InChI=1S/C7H15F3NO/c1-5(11(2,3)4)6(12)7(8,9)10/h5-6,12H,1-4H3/q+1/t5-,6-/m1/s1. The molecule has 0 unspecified atom stereocenters. The van der Waals surface area contributed by atoms with Gasteiger partial charge >= 0.3 is 6.18 Å². The van der Waals surface area contributed by atoms with Crippen LogP contribution in [0.5, 0.6) is 0 Å². The molecule has 0 spiro atoms. The fourth-order valence-corrected chi connectivity index (χ4v) is 0.697. The van der Waals surface area contributed by atoms with Crippen LogP contribution in [0.2, 0.25) is 0 Å². The smallest absolute Gasteiger partial charge is 0.379 e. The van der Waals surface area contributed by atoms with E-state index in [-0.39, 0.29) is 4.48 Å². The second-order valence-electron chi connectivity index (χ2n) is 3.84. The third kappa shape index (κ3) is 2.98. The number of rotatable bonds is 2. The van der Waals surface area contributed by atoms with E-state index >= 15 is 0 Å². The van der Waals surface area contributed by atoms with Crippen LogP contribution in [0.3, 0.4) is 0 Å². The summed E-state index contributed by atoms with van der Waals surface area (Å²) >= 11 is 0. The van der Waals surface area contributed by atoms with Crippen LogP contribution in [-0.4, -0.2) is 49.1 Å². The largest absolute Gasteiger partial charge is 0.420 e. The molecule has 0 aliphatic heterocycles. The van der Waals surface area contributed by atoms with E-state index in [9.17, 15) is 13.2 Å². The Balaban J connectivity index is 4.41. The van der Waals surface area contributed by atoms with Crippen molar-refractivity contribution in [2.45, 2.75) is 25.2 Å². The first-order valence-electron chi connectivity index (χ1n) is 3.62. The molecule has 0 rings (SSSR count). The summed E-state index contributed by atoms with van der Waals surface area (Å²) in [6.07, 6.45) is -6.78. The first kappa shape index (κ1) is 11.7. The number of aliphatic hydroxyl groups is 1. The Labute approximate surface area is 70.2 Å². The molecule has 2 nitrogen and oxygen atoms in total. The van der Waals surface area contributed by atoms with Crippen molar-refractivity contribution in [2.75, 3.05) is 21.1 Å². The molecule has 0 radical (unpaired) electrons. The maximum absolute atomic E-state index is 12.0. The minimum Gasteiger partial charge on any atom is -0.379 e. The highest BCUT2D eigenvalue weighted by molar-refractivity contribution is 4.71. The average molecular weight is 186 g/mol. The van der Waals surface area contributed by atoms with Gasteiger partial charge in [-0.3, -0.25) is 0 Å². The number of alkyl halides is 3. The number of nitrogens with zero attached hydrogens (tertiary/aromatic N) is 1.